The first-order chi connectivity index (χ1) is 6.65. The Morgan fingerprint density at radius 1 is 1.29 bits per heavy atom. The average Bonchev–Trinajstić information content (AvgIpc) is 2.18. The third-order valence-corrected chi connectivity index (χ3v) is 1.67. The summed E-state index contributed by atoms with van der Waals surface area (Å²) < 4.78 is 4.47. The minimum absolute atomic E-state index is 0.0911. The monoisotopic (exact) mass is 192 g/mol. The van der Waals surface area contributed by atoms with Crippen molar-refractivity contribution in [2.24, 2.45) is 0 Å². The zero-order chi connectivity index (χ0) is 10.6. The molecule has 0 unspecified atom stereocenters. The van der Waals surface area contributed by atoms with Crippen LogP contribution in [0.1, 0.15) is 10.4 Å². The van der Waals surface area contributed by atoms with E-state index >= 15 is 0 Å². The predicted octanol–water partition coefficient (Wildman–Crippen LogP) is 0.834. The Balaban J connectivity index is 2.82. The molecule has 1 aromatic rings. The molecule has 0 heterocycles. The summed E-state index contributed by atoms with van der Waals surface area (Å²) in [6.07, 6.45) is 0. The quantitative estimate of drug-likeness (QED) is 0.712. The Labute approximate surface area is 82.1 Å². The summed E-state index contributed by atoms with van der Waals surface area (Å²) in [4.78, 5) is 22.8. The number of benzene rings is 1. The highest BCUT2D eigenvalue weighted by Crippen LogP contribution is 2.12. The van der Waals surface area contributed by atoms with E-state index in [1.807, 2.05) is 0 Å². The molecule has 1 amide bonds. The molecule has 0 fully saturated rings. The molecule has 0 aliphatic rings. The third-order valence-electron chi connectivity index (χ3n) is 1.67. The van der Waals surface area contributed by atoms with Crippen LogP contribution in [0.4, 0.5) is 0 Å². The fourth-order valence-corrected chi connectivity index (χ4v) is 0.972. The first kappa shape index (κ1) is 10.2. The summed E-state index contributed by atoms with van der Waals surface area (Å²) in [5, 5.41) is 0. The Morgan fingerprint density at radius 2 is 1.86 bits per heavy atom. The van der Waals surface area contributed by atoms with Crippen LogP contribution in [-0.4, -0.2) is 31.4 Å². The van der Waals surface area contributed by atoms with Gasteiger partial charge in [-0.2, -0.15) is 0 Å². The van der Waals surface area contributed by atoms with Crippen molar-refractivity contribution in [1.82, 2.24) is 4.90 Å². The van der Waals surface area contributed by atoms with Gasteiger partial charge in [0.2, 0.25) is 0 Å². The first-order valence-electron chi connectivity index (χ1n) is 4.01. The lowest BCUT2D eigenvalue weighted by molar-refractivity contribution is 0.0827. The number of hydrogen-bond acceptors (Lipinski definition) is 3. The molecular formula is C10H10NO3. The van der Waals surface area contributed by atoms with Gasteiger partial charge in [-0.3, -0.25) is 4.79 Å². The summed E-state index contributed by atoms with van der Waals surface area (Å²) in [7, 11) is 3.35. The molecule has 0 aromatic heterocycles. The predicted molar refractivity (Wildman–Crippen MR) is 50.8 cm³/mol. The molecule has 4 nitrogen and oxygen atoms in total. The molecule has 4 heteroatoms. The van der Waals surface area contributed by atoms with Gasteiger partial charge in [0.25, 0.3) is 5.91 Å². The molecule has 0 bridgehead atoms. The fourth-order valence-electron chi connectivity index (χ4n) is 0.972. The number of hydrogen-bond donors (Lipinski definition) is 0. The molecule has 0 saturated carbocycles. The van der Waals surface area contributed by atoms with E-state index < -0.39 is 0 Å². The van der Waals surface area contributed by atoms with Crippen molar-refractivity contribution in [3.63, 3.8) is 0 Å². The highest BCUT2D eigenvalue weighted by molar-refractivity contribution is 5.93. The SMILES string of the molecule is CN(C)C(=O)c1ccc(O[C]=O)cc1. The van der Waals surface area contributed by atoms with Gasteiger partial charge in [0.05, 0.1) is 0 Å². The highest BCUT2D eigenvalue weighted by Gasteiger charge is 2.06. The lowest BCUT2D eigenvalue weighted by Crippen LogP contribution is -2.21. The third kappa shape index (κ3) is 2.32. The van der Waals surface area contributed by atoms with Crippen molar-refractivity contribution in [2.45, 2.75) is 0 Å². The van der Waals surface area contributed by atoms with Crippen molar-refractivity contribution >= 4 is 12.4 Å². The van der Waals surface area contributed by atoms with Gasteiger partial charge in [-0.1, -0.05) is 0 Å². The van der Waals surface area contributed by atoms with Crippen molar-refractivity contribution < 1.29 is 14.3 Å². The standard InChI is InChI=1S/C10H10NO3/c1-11(2)10(13)8-3-5-9(6-4-8)14-7-12/h3-6H,1-2H3. The molecule has 0 N–H and O–H groups in total. The van der Waals surface area contributed by atoms with E-state index in [2.05, 4.69) is 4.74 Å². The molecular weight excluding hydrogens is 182 g/mol. The number of nitrogens with zero attached hydrogens (tertiary/aromatic N) is 1. The number of rotatable bonds is 3. The van der Waals surface area contributed by atoms with Gasteiger partial charge in [-0.25, -0.2) is 4.79 Å². The summed E-state index contributed by atoms with van der Waals surface area (Å²) in [5.41, 5.74) is 0.549. The number of amides is 1. The minimum Gasteiger partial charge on any atom is -0.418 e. The molecule has 14 heavy (non-hydrogen) atoms. The van der Waals surface area contributed by atoms with E-state index in [-0.39, 0.29) is 5.91 Å². The van der Waals surface area contributed by atoms with Crippen molar-refractivity contribution in [1.29, 1.82) is 0 Å². The normalized spacial score (nSPS) is 9.29. The molecule has 1 radical (unpaired) electrons. The average molecular weight is 192 g/mol. The topological polar surface area (TPSA) is 46.6 Å². The Kier molecular flexibility index (Phi) is 3.23. The summed E-state index contributed by atoms with van der Waals surface area (Å²) >= 11 is 0. The van der Waals surface area contributed by atoms with E-state index in [9.17, 15) is 9.59 Å². The largest absolute Gasteiger partial charge is 0.423 e. The van der Waals surface area contributed by atoms with Gasteiger partial charge in [0.1, 0.15) is 5.75 Å². The number of carbonyl (C=O) groups is 1. The number of carbonyl (C=O) groups excluding carboxylic acids is 2. The molecule has 1 aromatic carbocycles. The maximum Gasteiger partial charge on any atom is 0.423 e. The van der Waals surface area contributed by atoms with Crippen LogP contribution in [0.3, 0.4) is 0 Å². The summed E-state index contributed by atoms with van der Waals surface area (Å²) in [5.74, 6) is 0.280. The Hall–Kier alpha value is -1.84. The second-order valence-electron chi connectivity index (χ2n) is 2.91. The molecule has 0 atom stereocenters. The van der Waals surface area contributed by atoms with Gasteiger partial charge in [0, 0.05) is 19.7 Å². The van der Waals surface area contributed by atoms with Gasteiger partial charge in [-0.05, 0) is 24.3 Å². The van der Waals surface area contributed by atoms with Crippen LogP contribution < -0.4 is 4.74 Å². The molecule has 0 saturated heterocycles. The van der Waals surface area contributed by atoms with Gasteiger partial charge in [-0.15, -0.1) is 0 Å². The second kappa shape index (κ2) is 4.41. The number of ether oxygens (including phenoxy) is 1. The smallest absolute Gasteiger partial charge is 0.418 e. The maximum absolute atomic E-state index is 11.4. The van der Waals surface area contributed by atoms with E-state index in [1.54, 1.807) is 38.4 Å². The zero-order valence-corrected chi connectivity index (χ0v) is 7.98. The van der Waals surface area contributed by atoms with Gasteiger partial charge >= 0.3 is 6.47 Å². The van der Waals surface area contributed by atoms with Crippen LogP contribution in [-0.2, 0) is 4.79 Å². The molecule has 0 spiro atoms. The lowest BCUT2D eigenvalue weighted by atomic mass is 10.2. The Bertz CT molecular complexity index is 330. The summed E-state index contributed by atoms with van der Waals surface area (Å²) in [6, 6.07) is 6.27. The summed E-state index contributed by atoms with van der Waals surface area (Å²) in [6.45, 7) is 1.31. The second-order valence-corrected chi connectivity index (χ2v) is 2.91. The minimum atomic E-state index is -0.0911. The highest BCUT2D eigenvalue weighted by atomic mass is 16.5. The van der Waals surface area contributed by atoms with Crippen LogP contribution in [0.2, 0.25) is 0 Å². The van der Waals surface area contributed by atoms with Crippen molar-refractivity contribution in [3.05, 3.63) is 29.8 Å². The maximum atomic E-state index is 11.4. The van der Waals surface area contributed by atoms with Crippen LogP contribution in [0, 0.1) is 0 Å². The lowest BCUT2D eigenvalue weighted by Gasteiger charge is -2.09. The molecule has 73 valence electrons. The molecule has 0 aliphatic carbocycles. The van der Waals surface area contributed by atoms with E-state index in [0.717, 1.165) is 0 Å². The van der Waals surface area contributed by atoms with Crippen LogP contribution in [0.15, 0.2) is 24.3 Å². The van der Waals surface area contributed by atoms with Crippen molar-refractivity contribution in [3.8, 4) is 5.75 Å². The Morgan fingerprint density at radius 3 is 2.29 bits per heavy atom. The van der Waals surface area contributed by atoms with E-state index in [1.165, 1.54) is 11.4 Å². The molecule has 1 rings (SSSR count). The van der Waals surface area contributed by atoms with Crippen molar-refractivity contribution in [2.75, 3.05) is 14.1 Å². The van der Waals surface area contributed by atoms with Gasteiger partial charge in [0.15, 0.2) is 0 Å². The van der Waals surface area contributed by atoms with E-state index in [0.29, 0.717) is 11.3 Å². The van der Waals surface area contributed by atoms with Gasteiger partial charge < -0.3 is 9.64 Å². The molecule has 0 aliphatic heterocycles. The van der Waals surface area contributed by atoms with Crippen LogP contribution in [0.25, 0.3) is 0 Å². The van der Waals surface area contributed by atoms with Crippen LogP contribution in [0.5, 0.6) is 5.75 Å². The first-order valence-corrected chi connectivity index (χ1v) is 4.01. The van der Waals surface area contributed by atoms with Crippen LogP contribution >= 0.6 is 0 Å². The van der Waals surface area contributed by atoms with E-state index in [4.69, 9.17) is 0 Å². The fraction of sp³-hybridized carbons (Fsp3) is 0.200. The zero-order valence-electron chi connectivity index (χ0n) is 7.98.